The third-order valence-corrected chi connectivity index (χ3v) is 4.23. The van der Waals surface area contributed by atoms with Gasteiger partial charge in [-0.1, -0.05) is 13.5 Å². The van der Waals surface area contributed by atoms with Crippen molar-refractivity contribution in [2.75, 3.05) is 20.2 Å². The third-order valence-electron chi connectivity index (χ3n) is 4.23. The lowest BCUT2D eigenvalue weighted by molar-refractivity contribution is 0.151. The molecule has 6 nitrogen and oxygen atoms in total. The highest BCUT2D eigenvalue weighted by atomic mass is 19.3. The van der Waals surface area contributed by atoms with E-state index in [1.54, 1.807) is 10.6 Å². The Morgan fingerprint density at radius 1 is 1.42 bits per heavy atom. The highest BCUT2D eigenvalue weighted by Crippen LogP contribution is 2.31. The molecule has 3 aromatic rings. The zero-order valence-corrected chi connectivity index (χ0v) is 14.6. The summed E-state index contributed by atoms with van der Waals surface area (Å²) < 4.78 is 33.6. The van der Waals surface area contributed by atoms with Crippen LogP contribution in [0.25, 0.3) is 22.7 Å². The molecule has 0 aliphatic heterocycles. The van der Waals surface area contributed by atoms with E-state index in [0.29, 0.717) is 34.9 Å². The summed E-state index contributed by atoms with van der Waals surface area (Å²) >= 11 is 0. The van der Waals surface area contributed by atoms with E-state index in [1.165, 1.54) is 24.9 Å². The highest BCUT2D eigenvalue weighted by molar-refractivity contribution is 5.76. The van der Waals surface area contributed by atoms with Gasteiger partial charge in [0.2, 0.25) is 0 Å². The minimum absolute atomic E-state index is 0.0515. The van der Waals surface area contributed by atoms with E-state index in [-0.39, 0.29) is 18.1 Å². The van der Waals surface area contributed by atoms with Crippen molar-refractivity contribution in [3.63, 3.8) is 0 Å². The minimum atomic E-state index is -2.64. The Morgan fingerprint density at radius 2 is 2.19 bits per heavy atom. The molecular formula is C18H20F2N4O2. The van der Waals surface area contributed by atoms with E-state index in [2.05, 4.69) is 16.5 Å². The van der Waals surface area contributed by atoms with Gasteiger partial charge in [0.25, 0.3) is 6.43 Å². The lowest BCUT2D eigenvalue weighted by Gasteiger charge is -2.24. The molecule has 0 aliphatic rings. The molecule has 0 aromatic carbocycles. The van der Waals surface area contributed by atoms with Crippen molar-refractivity contribution < 1.29 is 18.3 Å². The van der Waals surface area contributed by atoms with Gasteiger partial charge in [0.1, 0.15) is 5.65 Å². The van der Waals surface area contributed by atoms with E-state index >= 15 is 0 Å². The molecule has 8 heteroatoms. The van der Waals surface area contributed by atoms with Gasteiger partial charge in [0.15, 0.2) is 12.2 Å². The van der Waals surface area contributed by atoms with Gasteiger partial charge in [-0.15, -0.1) is 0 Å². The second-order valence-electron chi connectivity index (χ2n) is 6.31. The van der Waals surface area contributed by atoms with Crippen LogP contribution in [0, 0.1) is 5.92 Å². The molecule has 0 fully saturated rings. The van der Waals surface area contributed by atoms with Crippen LogP contribution in [0.1, 0.15) is 24.6 Å². The number of imidazole rings is 1. The molecule has 0 bridgehead atoms. The van der Waals surface area contributed by atoms with Gasteiger partial charge in [-0.25, -0.2) is 18.7 Å². The van der Waals surface area contributed by atoms with Crippen molar-refractivity contribution in [2.45, 2.75) is 13.3 Å². The Balaban J connectivity index is 2.09. The average molecular weight is 362 g/mol. The van der Waals surface area contributed by atoms with Gasteiger partial charge in [0, 0.05) is 32.0 Å². The maximum atomic E-state index is 13.4. The Kier molecular flexibility index (Phi) is 5.03. The number of fused-ring (bicyclic) bond motifs is 1. The number of nitrogens with zero attached hydrogens (tertiary/aromatic N) is 4. The van der Waals surface area contributed by atoms with Crippen LogP contribution < -0.4 is 0 Å². The monoisotopic (exact) mass is 362 g/mol. The first kappa shape index (κ1) is 18.1. The van der Waals surface area contributed by atoms with Crippen molar-refractivity contribution in [1.29, 1.82) is 0 Å². The first-order valence-electron chi connectivity index (χ1n) is 8.11. The van der Waals surface area contributed by atoms with Crippen LogP contribution in [0.2, 0.25) is 0 Å². The van der Waals surface area contributed by atoms with Crippen molar-refractivity contribution in [1.82, 2.24) is 19.3 Å². The summed E-state index contributed by atoms with van der Waals surface area (Å²) in [6.45, 7) is 6.60. The SMILES string of the molecule is C=C(c1cnc2c(-c3cnco3)cc(C(F)F)cn12)N(C)CC(C)CO. The molecule has 0 saturated carbocycles. The number of aliphatic hydroxyl groups is 1. The molecule has 3 heterocycles. The second-order valence-corrected chi connectivity index (χ2v) is 6.31. The van der Waals surface area contributed by atoms with Gasteiger partial charge in [-0.2, -0.15) is 0 Å². The summed E-state index contributed by atoms with van der Waals surface area (Å²) in [5, 5.41) is 9.23. The molecule has 138 valence electrons. The molecule has 0 radical (unpaired) electrons. The lowest BCUT2D eigenvalue weighted by atomic mass is 10.1. The van der Waals surface area contributed by atoms with Crippen LogP contribution in [-0.4, -0.2) is 44.6 Å². The fourth-order valence-electron chi connectivity index (χ4n) is 2.80. The van der Waals surface area contributed by atoms with Gasteiger partial charge < -0.3 is 14.4 Å². The van der Waals surface area contributed by atoms with Crippen LogP contribution >= 0.6 is 0 Å². The number of pyridine rings is 1. The molecule has 0 amide bonds. The Bertz CT molecular complexity index is 905. The normalized spacial score (nSPS) is 12.7. The third kappa shape index (κ3) is 3.32. The van der Waals surface area contributed by atoms with E-state index in [1.807, 2.05) is 18.9 Å². The summed E-state index contributed by atoms with van der Waals surface area (Å²) in [5.41, 5.74) is 1.97. The van der Waals surface area contributed by atoms with Crippen molar-refractivity contribution >= 4 is 11.3 Å². The summed E-state index contributed by atoms with van der Waals surface area (Å²) in [6.07, 6.45) is 3.01. The van der Waals surface area contributed by atoms with Crippen LogP contribution in [0.5, 0.6) is 0 Å². The number of rotatable bonds is 7. The van der Waals surface area contributed by atoms with Crippen molar-refractivity contribution in [2.24, 2.45) is 5.92 Å². The van der Waals surface area contributed by atoms with E-state index < -0.39 is 6.43 Å². The maximum absolute atomic E-state index is 13.4. The predicted octanol–water partition coefficient (Wildman–Crippen LogP) is 3.46. The number of oxazole rings is 1. The van der Waals surface area contributed by atoms with Crippen molar-refractivity contribution in [3.8, 4) is 11.3 Å². The summed E-state index contributed by atoms with van der Waals surface area (Å²) in [4.78, 5) is 10.1. The first-order valence-corrected chi connectivity index (χ1v) is 8.11. The molecule has 3 rings (SSSR count). The molecular weight excluding hydrogens is 342 g/mol. The Morgan fingerprint density at radius 3 is 2.81 bits per heavy atom. The smallest absolute Gasteiger partial charge is 0.265 e. The number of hydrogen-bond donors (Lipinski definition) is 1. The molecule has 1 unspecified atom stereocenters. The van der Waals surface area contributed by atoms with Crippen LogP contribution in [0.4, 0.5) is 8.78 Å². The predicted molar refractivity (Wildman–Crippen MR) is 93.6 cm³/mol. The van der Waals surface area contributed by atoms with Crippen LogP contribution in [0.15, 0.2) is 42.0 Å². The second kappa shape index (κ2) is 7.25. The van der Waals surface area contributed by atoms with Gasteiger partial charge >= 0.3 is 0 Å². The van der Waals surface area contributed by atoms with E-state index in [9.17, 15) is 13.9 Å². The highest BCUT2D eigenvalue weighted by Gasteiger charge is 2.20. The number of halogens is 2. The molecule has 3 aromatic heterocycles. The topological polar surface area (TPSA) is 66.8 Å². The summed E-state index contributed by atoms with van der Waals surface area (Å²) in [5.74, 6) is 0.417. The number of hydrogen-bond acceptors (Lipinski definition) is 5. The first-order chi connectivity index (χ1) is 12.4. The quantitative estimate of drug-likeness (QED) is 0.697. The lowest BCUT2D eigenvalue weighted by Crippen LogP contribution is -2.25. The fourth-order valence-corrected chi connectivity index (χ4v) is 2.80. The molecule has 0 spiro atoms. The summed E-state index contributed by atoms with van der Waals surface area (Å²) in [6, 6.07) is 1.36. The molecule has 1 N–H and O–H groups in total. The number of aliphatic hydroxyl groups excluding tert-OH is 1. The maximum Gasteiger partial charge on any atom is 0.265 e. The van der Waals surface area contributed by atoms with Gasteiger partial charge in [-0.05, 0) is 12.0 Å². The average Bonchev–Trinajstić information content (AvgIpc) is 3.29. The zero-order valence-electron chi connectivity index (χ0n) is 14.6. The molecule has 0 saturated heterocycles. The number of aromatic nitrogens is 3. The zero-order chi connectivity index (χ0) is 18.8. The molecule has 26 heavy (non-hydrogen) atoms. The minimum Gasteiger partial charge on any atom is -0.443 e. The van der Waals surface area contributed by atoms with Crippen LogP contribution in [0.3, 0.4) is 0 Å². The fraction of sp³-hybridized carbons (Fsp3) is 0.333. The molecule has 0 aliphatic carbocycles. The Hall–Kier alpha value is -2.74. The van der Waals surface area contributed by atoms with Crippen LogP contribution in [-0.2, 0) is 0 Å². The van der Waals surface area contributed by atoms with E-state index in [4.69, 9.17) is 4.42 Å². The summed E-state index contributed by atoms with van der Waals surface area (Å²) in [7, 11) is 1.84. The van der Waals surface area contributed by atoms with Gasteiger partial charge in [0.05, 0.1) is 29.3 Å². The Labute approximate surface area is 149 Å². The standard InChI is InChI=1S/C18H20F2N4O2/c1-11(9-25)7-23(3)12(2)15-5-22-18-14(16-6-21-10-26-16)4-13(17(19)20)8-24(15)18/h4-6,8,10-11,17,25H,2,7,9H2,1,3H3. The van der Waals surface area contributed by atoms with E-state index in [0.717, 1.165) is 0 Å². The van der Waals surface area contributed by atoms with Gasteiger partial charge in [-0.3, -0.25) is 4.40 Å². The largest absolute Gasteiger partial charge is 0.443 e. The molecule has 1 atom stereocenters. The number of alkyl halides is 2. The van der Waals surface area contributed by atoms with Crippen molar-refractivity contribution in [3.05, 3.63) is 48.9 Å².